The van der Waals surface area contributed by atoms with Gasteiger partial charge in [-0.15, -0.1) is 0 Å². The Hall–Kier alpha value is 0.270. The number of nitrogens with zero attached hydrogens (tertiary/aromatic N) is 1. The van der Waals surface area contributed by atoms with Gasteiger partial charge in [0.2, 0.25) is 0 Å². The molecule has 0 aromatic rings. The predicted octanol–water partition coefficient (Wildman–Crippen LogP) is 2.70. The van der Waals surface area contributed by atoms with Crippen LogP contribution in [-0.2, 0) is 0 Å². The van der Waals surface area contributed by atoms with E-state index >= 15 is 0 Å². The highest BCUT2D eigenvalue weighted by Gasteiger charge is 2.22. The summed E-state index contributed by atoms with van der Waals surface area (Å²) >= 11 is 2.07. The third-order valence-electron chi connectivity index (χ3n) is 3.12. The number of thioether (sulfide) groups is 1. The maximum atomic E-state index is 3.42. The van der Waals surface area contributed by atoms with Gasteiger partial charge in [-0.05, 0) is 25.6 Å². The highest BCUT2D eigenvalue weighted by molar-refractivity contribution is 7.99. The Labute approximate surface area is 107 Å². The SMILES string of the molecule is CCN(CC)CCSCC(NC)C(C)(C)C. The molecule has 1 atom stereocenters. The summed E-state index contributed by atoms with van der Waals surface area (Å²) in [6, 6.07) is 0.606. The molecule has 0 fully saturated rings. The summed E-state index contributed by atoms with van der Waals surface area (Å²) in [7, 11) is 2.07. The minimum atomic E-state index is 0.358. The third-order valence-corrected chi connectivity index (χ3v) is 4.16. The van der Waals surface area contributed by atoms with Crippen LogP contribution in [0.25, 0.3) is 0 Å². The molecule has 2 nitrogen and oxygen atoms in total. The lowest BCUT2D eigenvalue weighted by Gasteiger charge is -2.30. The first kappa shape index (κ1) is 16.3. The molecule has 1 unspecified atom stereocenters. The summed E-state index contributed by atoms with van der Waals surface area (Å²) in [5.41, 5.74) is 0.358. The van der Waals surface area contributed by atoms with E-state index in [-0.39, 0.29) is 0 Å². The zero-order valence-corrected chi connectivity index (χ0v) is 12.8. The molecule has 16 heavy (non-hydrogen) atoms. The largest absolute Gasteiger partial charge is 0.316 e. The quantitative estimate of drug-likeness (QED) is 0.663. The lowest BCUT2D eigenvalue weighted by atomic mass is 9.88. The van der Waals surface area contributed by atoms with Crippen molar-refractivity contribution in [1.29, 1.82) is 0 Å². The summed E-state index contributed by atoms with van der Waals surface area (Å²) in [5.74, 6) is 2.46. The third kappa shape index (κ3) is 6.77. The highest BCUT2D eigenvalue weighted by atomic mass is 32.2. The van der Waals surface area contributed by atoms with Crippen LogP contribution in [0, 0.1) is 5.41 Å². The Morgan fingerprint density at radius 3 is 2.12 bits per heavy atom. The van der Waals surface area contributed by atoms with Crippen LogP contribution in [0.4, 0.5) is 0 Å². The maximum Gasteiger partial charge on any atom is 0.0203 e. The highest BCUT2D eigenvalue weighted by Crippen LogP contribution is 2.22. The van der Waals surface area contributed by atoms with Crippen LogP contribution in [0.3, 0.4) is 0 Å². The molecule has 0 amide bonds. The Balaban J connectivity index is 3.71. The van der Waals surface area contributed by atoms with Crippen LogP contribution < -0.4 is 5.32 Å². The van der Waals surface area contributed by atoms with E-state index in [4.69, 9.17) is 0 Å². The van der Waals surface area contributed by atoms with E-state index in [9.17, 15) is 0 Å². The van der Waals surface area contributed by atoms with Gasteiger partial charge < -0.3 is 10.2 Å². The molecule has 0 spiro atoms. The van der Waals surface area contributed by atoms with Gasteiger partial charge in [-0.25, -0.2) is 0 Å². The average molecular weight is 246 g/mol. The van der Waals surface area contributed by atoms with Crippen molar-refractivity contribution in [3.8, 4) is 0 Å². The fourth-order valence-corrected chi connectivity index (χ4v) is 3.16. The van der Waals surface area contributed by atoms with Crippen LogP contribution >= 0.6 is 11.8 Å². The molecule has 0 heterocycles. The van der Waals surface area contributed by atoms with Crippen molar-refractivity contribution in [3.05, 3.63) is 0 Å². The van der Waals surface area contributed by atoms with Crippen LogP contribution in [0.5, 0.6) is 0 Å². The fraction of sp³-hybridized carbons (Fsp3) is 1.00. The van der Waals surface area contributed by atoms with Gasteiger partial charge in [0.15, 0.2) is 0 Å². The molecule has 0 aromatic carbocycles. The van der Waals surface area contributed by atoms with Crippen LogP contribution in [-0.4, -0.2) is 49.1 Å². The zero-order valence-electron chi connectivity index (χ0n) is 12.0. The molecule has 0 aliphatic carbocycles. The van der Waals surface area contributed by atoms with Gasteiger partial charge >= 0.3 is 0 Å². The molecule has 0 aromatic heterocycles. The molecule has 3 heteroatoms. The monoisotopic (exact) mass is 246 g/mol. The van der Waals surface area contributed by atoms with Crippen LogP contribution in [0.2, 0.25) is 0 Å². The fourth-order valence-electron chi connectivity index (χ4n) is 1.70. The molecule has 0 saturated heterocycles. The number of hydrogen-bond donors (Lipinski definition) is 1. The lowest BCUT2D eigenvalue weighted by molar-refractivity contribution is 0.304. The minimum Gasteiger partial charge on any atom is -0.316 e. The van der Waals surface area contributed by atoms with Crippen molar-refractivity contribution in [1.82, 2.24) is 10.2 Å². The summed E-state index contributed by atoms with van der Waals surface area (Å²) < 4.78 is 0. The topological polar surface area (TPSA) is 15.3 Å². The van der Waals surface area contributed by atoms with Crippen molar-refractivity contribution in [3.63, 3.8) is 0 Å². The van der Waals surface area contributed by atoms with Gasteiger partial charge in [-0.1, -0.05) is 34.6 Å². The van der Waals surface area contributed by atoms with E-state index in [0.717, 1.165) is 0 Å². The normalized spacial score (nSPS) is 14.4. The Morgan fingerprint density at radius 2 is 1.75 bits per heavy atom. The molecule has 0 saturated carbocycles. The Morgan fingerprint density at radius 1 is 1.19 bits per heavy atom. The molecule has 1 N–H and O–H groups in total. The Bertz CT molecular complexity index is 162. The molecule has 0 aliphatic heterocycles. The molecule has 98 valence electrons. The summed E-state index contributed by atoms with van der Waals surface area (Å²) in [4.78, 5) is 2.48. The van der Waals surface area contributed by atoms with Crippen molar-refractivity contribution in [2.75, 3.05) is 38.2 Å². The van der Waals surface area contributed by atoms with Gasteiger partial charge in [-0.2, -0.15) is 11.8 Å². The molecule has 0 radical (unpaired) electrons. The number of rotatable bonds is 8. The van der Waals surface area contributed by atoms with Gasteiger partial charge in [0.1, 0.15) is 0 Å². The van der Waals surface area contributed by atoms with Gasteiger partial charge in [0, 0.05) is 24.1 Å². The van der Waals surface area contributed by atoms with Crippen molar-refractivity contribution in [2.24, 2.45) is 5.41 Å². The molecule has 0 bridgehead atoms. The molecule has 0 aliphatic rings. The second-order valence-corrected chi connectivity index (χ2v) is 6.46. The van der Waals surface area contributed by atoms with Gasteiger partial charge in [0.25, 0.3) is 0 Å². The van der Waals surface area contributed by atoms with Gasteiger partial charge in [0.05, 0.1) is 0 Å². The first-order valence-corrected chi connectivity index (χ1v) is 7.58. The van der Waals surface area contributed by atoms with Gasteiger partial charge in [-0.3, -0.25) is 0 Å². The van der Waals surface area contributed by atoms with Crippen molar-refractivity contribution in [2.45, 2.75) is 40.7 Å². The molecule has 0 rings (SSSR count). The second-order valence-electron chi connectivity index (χ2n) is 5.31. The van der Waals surface area contributed by atoms with Crippen LogP contribution in [0.1, 0.15) is 34.6 Å². The van der Waals surface area contributed by atoms with Crippen molar-refractivity contribution >= 4 is 11.8 Å². The van der Waals surface area contributed by atoms with Crippen LogP contribution in [0.15, 0.2) is 0 Å². The standard InChI is InChI=1S/C13H30N2S/c1-7-15(8-2)9-10-16-11-12(14-6)13(3,4)5/h12,14H,7-11H2,1-6H3. The lowest BCUT2D eigenvalue weighted by Crippen LogP contribution is -2.40. The first-order chi connectivity index (χ1) is 7.45. The van der Waals surface area contributed by atoms with E-state index in [1.54, 1.807) is 0 Å². The van der Waals surface area contributed by atoms with E-state index in [1.807, 2.05) is 0 Å². The molecular weight excluding hydrogens is 216 g/mol. The Kier molecular flexibility index (Phi) is 8.52. The maximum absolute atomic E-state index is 3.42. The summed E-state index contributed by atoms with van der Waals surface area (Å²) in [5, 5.41) is 3.42. The average Bonchev–Trinajstić information content (AvgIpc) is 2.22. The van der Waals surface area contributed by atoms with E-state index in [1.165, 1.54) is 31.1 Å². The van der Waals surface area contributed by atoms with E-state index in [2.05, 4.69) is 63.6 Å². The molecular formula is C13H30N2S. The second kappa shape index (κ2) is 8.37. The van der Waals surface area contributed by atoms with Crippen molar-refractivity contribution < 1.29 is 0 Å². The minimum absolute atomic E-state index is 0.358. The number of nitrogens with one attached hydrogen (secondary N) is 1. The van der Waals surface area contributed by atoms with E-state index < -0.39 is 0 Å². The summed E-state index contributed by atoms with van der Waals surface area (Å²) in [6.45, 7) is 15.0. The zero-order chi connectivity index (χ0) is 12.6. The van der Waals surface area contributed by atoms with E-state index in [0.29, 0.717) is 11.5 Å². The predicted molar refractivity (Wildman–Crippen MR) is 77.4 cm³/mol. The smallest absolute Gasteiger partial charge is 0.0203 e. The first-order valence-electron chi connectivity index (χ1n) is 6.43. The summed E-state index contributed by atoms with van der Waals surface area (Å²) in [6.07, 6.45) is 0. The number of hydrogen-bond acceptors (Lipinski definition) is 3.